The highest BCUT2D eigenvalue weighted by atomic mass is 15.0. The fourth-order valence-corrected chi connectivity index (χ4v) is 1.18. The Kier molecular flexibility index (Phi) is 5.21. The van der Waals surface area contributed by atoms with Gasteiger partial charge in [0, 0.05) is 7.05 Å². The van der Waals surface area contributed by atoms with E-state index in [0.717, 1.165) is 24.2 Å². The van der Waals surface area contributed by atoms with Gasteiger partial charge in [-0.25, -0.2) is 4.99 Å². The smallest absolute Gasteiger partial charge is 0.125 e. The molecule has 0 aromatic rings. The molecule has 0 aliphatic carbocycles. The first-order valence-corrected chi connectivity index (χ1v) is 4.99. The summed E-state index contributed by atoms with van der Waals surface area (Å²) in [4.78, 5) is 3.84. The second-order valence-electron chi connectivity index (χ2n) is 4.29. The maximum atomic E-state index is 4.02. The monoisotopic (exact) mass is 194 g/mol. The summed E-state index contributed by atoms with van der Waals surface area (Å²) in [7, 11) is 1.83. The van der Waals surface area contributed by atoms with Crippen LogP contribution in [0, 0.1) is 5.41 Å². The molecule has 0 spiro atoms. The molecule has 0 aliphatic heterocycles. The zero-order valence-corrected chi connectivity index (χ0v) is 9.85. The fourth-order valence-electron chi connectivity index (χ4n) is 1.18. The first kappa shape index (κ1) is 12.9. The van der Waals surface area contributed by atoms with E-state index in [1.807, 2.05) is 13.1 Å². The van der Waals surface area contributed by atoms with Crippen molar-refractivity contribution in [3.63, 3.8) is 0 Å². The van der Waals surface area contributed by atoms with Crippen molar-refractivity contribution in [3.8, 4) is 0 Å². The summed E-state index contributed by atoms with van der Waals surface area (Å²) in [6, 6.07) is 0. The Morgan fingerprint density at radius 3 is 2.43 bits per heavy atom. The van der Waals surface area contributed by atoms with Crippen LogP contribution >= 0.6 is 0 Å². The van der Waals surface area contributed by atoms with Crippen LogP contribution in [0.5, 0.6) is 0 Å². The van der Waals surface area contributed by atoms with Crippen molar-refractivity contribution in [3.05, 3.63) is 24.0 Å². The number of aliphatic imine (C=N–C) groups is 1. The number of nitrogens with one attached hydrogen (secondary N) is 1. The summed E-state index contributed by atoms with van der Waals surface area (Å²) in [5, 5.41) is 2.96. The van der Waals surface area contributed by atoms with Gasteiger partial charge in [0.05, 0.1) is 0 Å². The summed E-state index contributed by atoms with van der Waals surface area (Å²) < 4.78 is 0. The number of allylic oxidation sites excluding steroid dienone is 2. The average molecular weight is 194 g/mol. The lowest BCUT2D eigenvalue weighted by Gasteiger charge is -2.22. The van der Waals surface area contributed by atoms with Crippen molar-refractivity contribution in [1.82, 2.24) is 5.32 Å². The SMILES string of the molecule is C=N/C(=C\C(=C)CC(C)(C)CC)NC. The lowest BCUT2D eigenvalue weighted by atomic mass is 9.83. The first-order valence-electron chi connectivity index (χ1n) is 4.99. The van der Waals surface area contributed by atoms with Crippen molar-refractivity contribution < 1.29 is 0 Å². The third kappa shape index (κ3) is 4.85. The van der Waals surface area contributed by atoms with Crippen LogP contribution in [-0.4, -0.2) is 13.8 Å². The standard InChI is InChI=1S/C12H22N2/c1-7-12(3,4)9-10(2)8-11(13-5)14-6/h8,14H,2,5,7,9H2,1,3-4,6H3/b11-8+. The predicted octanol–water partition coefficient (Wildman–Crippen LogP) is 3.13. The van der Waals surface area contributed by atoms with Crippen LogP contribution in [0.25, 0.3) is 0 Å². The first-order chi connectivity index (χ1) is 6.45. The summed E-state index contributed by atoms with van der Waals surface area (Å²) in [5.41, 5.74) is 1.40. The minimum absolute atomic E-state index is 0.313. The number of hydrogen-bond donors (Lipinski definition) is 1. The Hall–Kier alpha value is -1.05. The van der Waals surface area contributed by atoms with Gasteiger partial charge in [0.2, 0.25) is 0 Å². The van der Waals surface area contributed by atoms with Gasteiger partial charge in [-0.2, -0.15) is 0 Å². The Bertz CT molecular complexity index is 237. The van der Waals surface area contributed by atoms with Gasteiger partial charge in [-0.1, -0.05) is 39.3 Å². The van der Waals surface area contributed by atoms with Gasteiger partial charge in [-0.05, 0) is 24.6 Å². The quantitative estimate of drug-likeness (QED) is 0.510. The van der Waals surface area contributed by atoms with E-state index in [1.165, 1.54) is 0 Å². The summed E-state index contributed by atoms with van der Waals surface area (Å²) >= 11 is 0. The minimum Gasteiger partial charge on any atom is -0.373 e. The van der Waals surface area contributed by atoms with Gasteiger partial charge in [0.25, 0.3) is 0 Å². The molecule has 0 amide bonds. The molecule has 0 heterocycles. The van der Waals surface area contributed by atoms with Crippen molar-refractivity contribution >= 4 is 6.72 Å². The maximum Gasteiger partial charge on any atom is 0.125 e. The van der Waals surface area contributed by atoms with E-state index in [0.29, 0.717) is 5.41 Å². The van der Waals surface area contributed by atoms with Crippen LogP contribution in [0.2, 0.25) is 0 Å². The van der Waals surface area contributed by atoms with Gasteiger partial charge >= 0.3 is 0 Å². The molecular weight excluding hydrogens is 172 g/mol. The number of nitrogens with zero attached hydrogens (tertiary/aromatic N) is 1. The minimum atomic E-state index is 0.313. The zero-order valence-electron chi connectivity index (χ0n) is 9.85. The van der Waals surface area contributed by atoms with Crippen molar-refractivity contribution in [2.45, 2.75) is 33.6 Å². The summed E-state index contributed by atoms with van der Waals surface area (Å²) in [6.07, 6.45) is 4.09. The second kappa shape index (κ2) is 5.63. The molecule has 0 bridgehead atoms. The highest BCUT2D eigenvalue weighted by Crippen LogP contribution is 2.28. The molecule has 1 N–H and O–H groups in total. The van der Waals surface area contributed by atoms with E-state index in [9.17, 15) is 0 Å². The average Bonchev–Trinajstić information content (AvgIpc) is 2.13. The third-order valence-electron chi connectivity index (χ3n) is 2.43. The largest absolute Gasteiger partial charge is 0.373 e. The molecule has 14 heavy (non-hydrogen) atoms. The van der Waals surface area contributed by atoms with Crippen LogP contribution in [-0.2, 0) is 0 Å². The van der Waals surface area contributed by atoms with Gasteiger partial charge < -0.3 is 5.32 Å². The molecule has 0 radical (unpaired) electrons. The summed E-state index contributed by atoms with van der Waals surface area (Å²) in [6.45, 7) is 14.2. The molecule has 0 unspecified atom stereocenters. The Morgan fingerprint density at radius 2 is 2.07 bits per heavy atom. The van der Waals surface area contributed by atoms with E-state index in [1.54, 1.807) is 0 Å². The lowest BCUT2D eigenvalue weighted by molar-refractivity contribution is 0.351. The molecule has 0 aromatic heterocycles. The van der Waals surface area contributed by atoms with E-state index in [2.05, 4.69) is 44.4 Å². The van der Waals surface area contributed by atoms with Gasteiger partial charge in [0.1, 0.15) is 5.82 Å². The molecule has 0 saturated heterocycles. The van der Waals surface area contributed by atoms with Gasteiger partial charge in [-0.15, -0.1) is 0 Å². The molecule has 0 saturated carbocycles. The second-order valence-corrected chi connectivity index (χ2v) is 4.29. The zero-order chi connectivity index (χ0) is 11.2. The molecular formula is C12H22N2. The van der Waals surface area contributed by atoms with E-state index in [-0.39, 0.29) is 0 Å². The fraction of sp³-hybridized carbons (Fsp3) is 0.583. The molecule has 0 rings (SSSR count). The van der Waals surface area contributed by atoms with E-state index < -0.39 is 0 Å². The van der Waals surface area contributed by atoms with Crippen LogP contribution < -0.4 is 5.32 Å². The lowest BCUT2D eigenvalue weighted by Crippen LogP contribution is -2.10. The van der Waals surface area contributed by atoms with Crippen LogP contribution in [0.15, 0.2) is 29.0 Å². The van der Waals surface area contributed by atoms with Gasteiger partial charge in [0.15, 0.2) is 0 Å². The molecule has 0 fully saturated rings. The van der Waals surface area contributed by atoms with E-state index >= 15 is 0 Å². The number of rotatable bonds is 6. The molecule has 80 valence electrons. The molecule has 0 aromatic carbocycles. The summed E-state index contributed by atoms with van der Waals surface area (Å²) in [5.74, 6) is 0.780. The Morgan fingerprint density at radius 1 is 1.50 bits per heavy atom. The normalized spacial score (nSPS) is 12.4. The maximum absolute atomic E-state index is 4.02. The predicted molar refractivity (Wildman–Crippen MR) is 64.5 cm³/mol. The van der Waals surface area contributed by atoms with Gasteiger partial charge in [-0.3, -0.25) is 0 Å². The number of hydrogen-bond acceptors (Lipinski definition) is 2. The van der Waals surface area contributed by atoms with Crippen LogP contribution in [0.3, 0.4) is 0 Å². The van der Waals surface area contributed by atoms with Crippen molar-refractivity contribution in [2.75, 3.05) is 7.05 Å². The van der Waals surface area contributed by atoms with E-state index in [4.69, 9.17) is 0 Å². The van der Waals surface area contributed by atoms with Crippen molar-refractivity contribution in [2.24, 2.45) is 10.4 Å². The highest BCUT2D eigenvalue weighted by Gasteiger charge is 2.15. The Balaban J connectivity index is 4.36. The molecule has 2 nitrogen and oxygen atoms in total. The topological polar surface area (TPSA) is 24.4 Å². The van der Waals surface area contributed by atoms with Crippen LogP contribution in [0.1, 0.15) is 33.6 Å². The molecule has 2 heteroatoms. The van der Waals surface area contributed by atoms with Crippen LogP contribution in [0.4, 0.5) is 0 Å². The molecule has 0 aliphatic rings. The third-order valence-corrected chi connectivity index (χ3v) is 2.43. The molecule has 0 atom stereocenters. The Labute approximate surface area is 87.8 Å². The highest BCUT2D eigenvalue weighted by molar-refractivity contribution is 5.31. The van der Waals surface area contributed by atoms with Crippen molar-refractivity contribution in [1.29, 1.82) is 0 Å².